The van der Waals surface area contributed by atoms with Crippen molar-refractivity contribution in [2.24, 2.45) is 5.92 Å². The molecule has 0 spiro atoms. The standard InChI is InChI=1S/C10H11BrN2O2/c11-5-7-4-9(15)13(6-7)10-8(14)2-1-3-12-10/h1-3,7,14H,4-6H2. The first-order chi connectivity index (χ1) is 7.22. The molecule has 1 unspecified atom stereocenters. The van der Waals surface area contributed by atoms with Crippen molar-refractivity contribution in [3.05, 3.63) is 18.3 Å². The molecule has 1 fully saturated rings. The highest BCUT2D eigenvalue weighted by Gasteiger charge is 2.31. The molecule has 1 N–H and O–H groups in total. The zero-order chi connectivity index (χ0) is 10.8. The SMILES string of the molecule is O=C1CC(CBr)CN1c1ncccc1O. The Morgan fingerprint density at radius 2 is 2.47 bits per heavy atom. The summed E-state index contributed by atoms with van der Waals surface area (Å²) in [6.07, 6.45) is 2.09. The minimum absolute atomic E-state index is 0.0217. The Morgan fingerprint density at radius 3 is 3.07 bits per heavy atom. The van der Waals surface area contributed by atoms with E-state index in [9.17, 15) is 9.90 Å². The van der Waals surface area contributed by atoms with Gasteiger partial charge in [-0.1, -0.05) is 15.9 Å². The smallest absolute Gasteiger partial charge is 0.228 e. The summed E-state index contributed by atoms with van der Waals surface area (Å²) < 4.78 is 0. The third-order valence-corrected chi connectivity index (χ3v) is 3.36. The van der Waals surface area contributed by atoms with Crippen LogP contribution in [0.1, 0.15) is 6.42 Å². The minimum Gasteiger partial charge on any atom is -0.504 e. The molecule has 1 aliphatic rings. The van der Waals surface area contributed by atoms with Gasteiger partial charge < -0.3 is 5.11 Å². The number of nitrogens with zero attached hydrogens (tertiary/aromatic N) is 2. The Balaban J connectivity index is 2.25. The van der Waals surface area contributed by atoms with Crippen molar-refractivity contribution in [1.29, 1.82) is 0 Å². The number of aromatic nitrogens is 1. The monoisotopic (exact) mass is 270 g/mol. The van der Waals surface area contributed by atoms with Gasteiger partial charge in [0.05, 0.1) is 0 Å². The third kappa shape index (κ3) is 1.97. The highest BCUT2D eigenvalue weighted by atomic mass is 79.9. The second kappa shape index (κ2) is 4.18. The van der Waals surface area contributed by atoms with Gasteiger partial charge in [-0.3, -0.25) is 9.69 Å². The minimum atomic E-state index is 0.0217. The lowest BCUT2D eigenvalue weighted by Crippen LogP contribution is -2.25. The predicted molar refractivity (Wildman–Crippen MR) is 60.2 cm³/mol. The number of anilines is 1. The van der Waals surface area contributed by atoms with E-state index in [1.54, 1.807) is 17.2 Å². The van der Waals surface area contributed by atoms with E-state index in [2.05, 4.69) is 20.9 Å². The van der Waals surface area contributed by atoms with Gasteiger partial charge in [-0.15, -0.1) is 0 Å². The van der Waals surface area contributed by atoms with E-state index in [1.807, 2.05) is 0 Å². The van der Waals surface area contributed by atoms with E-state index in [0.29, 0.717) is 24.7 Å². The maximum atomic E-state index is 11.7. The Bertz CT molecular complexity index is 383. The van der Waals surface area contributed by atoms with Gasteiger partial charge in [0.25, 0.3) is 0 Å². The Morgan fingerprint density at radius 1 is 1.67 bits per heavy atom. The highest BCUT2D eigenvalue weighted by Crippen LogP contribution is 2.30. The maximum Gasteiger partial charge on any atom is 0.228 e. The van der Waals surface area contributed by atoms with E-state index >= 15 is 0 Å². The van der Waals surface area contributed by atoms with Crippen molar-refractivity contribution in [1.82, 2.24) is 4.98 Å². The van der Waals surface area contributed by atoms with Gasteiger partial charge >= 0.3 is 0 Å². The zero-order valence-corrected chi connectivity index (χ0v) is 9.64. The number of amides is 1. The molecule has 2 heterocycles. The molecule has 1 aromatic heterocycles. The summed E-state index contributed by atoms with van der Waals surface area (Å²) in [7, 11) is 0. The van der Waals surface area contributed by atoms with Crippen LogP contribution in [0.3, 0.4) is 0 Å². The molecule has 1 saturated heterocycles. The summed E-state index contributed by atoms with van der Waals surface area (Å²) in [4.78, 5) is 17.2. The number of carbonyl (C=O) groups is 1. The number of carbonyl (C=O) groups excluding carboxylic acids is 1. The van der Waals surface area contributed by atoms with Gasteiger partial charge in [0.2, 0.25) is 5.91 Å². The van der Waals surface area contributed by atoms with Crippen molar-refractivity contribution in [2.45, 2.75) is 6.42 Å². The quantitative estimate of drug-likeness (QED) is 0.830. The van der Waals surface area contributed by atoms with Gasteiger partial charge in [0.15, 0.2) is 11.6 Å². The first-order valence-electron chi connectivity index (χ1n) is 4.72. The van der Waals surface area contributed by atoms with Crippen LogP contribution in [-0.2, 0) is 4.79 Å². The average molecular weight is 271 g/mol. The fourth-order valence-electron chi connectivity index (χ4n) is 1.69. The summed E-state index contributed by atoms with van der Waals surface area (Å²) in [6, 6.07) is 3.18. The van der Waals surface area contributed by atoms with Crippen molar-refractivity contribution >= 4 is 27.7 Å². The molecule has 5 heteroatoms. The van der Waals surface area contributed by atoms with Crippen LogP contribution in [0.25, 0.3) is 0 Å². The molecule has 15 heavy (non-hydrogen) atoms. The number of alkyl halides is 1. The molecule has 1 amide bonds. The van der Waals surface area contributed by atoms with Crippen LogP contribution in [0.4, 0.5) is 5.82 Å². The van der Waals surface area contributed by atoms with E-state index in [4.69, 9.17) is 0 Å². The average Bonchev–Trinajstić information content (AvgIpc) is 2.60. The molecule has 4 nitrogen and oxygen atoms in total. The van der Waals surface area contributed by atoms with Gasteiger partial charge in [-0.2, -0.15) is 0 Å². The van der Waals surface area contributed by atoms with Crippen molar-refractivity contribution in [3.63, 3.8) is 0 Å². The lowest BCUT2D eigenvalue weighted by Gasteiger charge is -2.15. The van der Waals surface area contributed by atoms with Crippen LogP contribution in [0.2, 0.25) is 0 Å². The van der Waals surface area contributed by atoms with E-state index in [0.717, 1.165) is 5.33 Å². The maximum absolute atomic E-state index is 11.7. The molecule has 1 atom stereocenters. The fourth-order valence-corrected chi connectivity index (χ4v) is 2.12. The normalized spacial score (nSPS) is 21.0. The Kier molecular flexibility index (Phi) is 2.90. The Hall–Kier alpha value is -1.10. The van der Waals surface area contributed by atoms with Crippen molar-refractivity contribution < 1.29 is 9.90 Å². The molecule has 1 aromatic rings. The number of aromatic hydroxyl groups is 1. The van der Waals surface area contributed by atoms with Crippen molar-refractivity contribution in [2.75, 3.05) is 16.8 Å². The van der Waals surface area contributed by atoms with Crippen LogP contribution >= 0.6 is 15.9 Å². The lowest BCUT2D eigenvalue weighted by molar-refractivity contribution is -0.117. The molecule has 0 saturated carbocycles. The number of hydrogen-bond donors (Lipinski definition) is 1. The van der Waals surface area contributed by atoms with Crippen LogP contribution < -0.4 is 4.90 Å². The van der Waals surface area contributed by atoms with Gasteiger partial charge in [0, 0.05) is 24.5 Å². The molecule has 0 bridgehead atoms. The molecule has 0 aliphatic carbocycles. The summed E-state index contributed by atoms with van der Waals surface area (Å²) >= 11 is 3.36. The zero-order valence-electron chi connectivity index (χ0n) is 8.06. The van der Waals surface area contributed by atoms with Crippen LogP contribution in [0.15, 0.2) is 18.3 Å². The summed E-state index contributed by atoms with van der Waals surface area (Å²) in [5.74, 6) is 0.749. The van der Waals surface area contributed by atoms with Gasteiger partial charge in [0.1, 0.15) is 0 Å². The molecule has 0 radical (unpaired) electrons. The van der Waals surface area contributed by atoms with Crippen molar-refractivity contribution in [3.8, 4) is 5.75 Å². The van der Waals surface area contributed by atoms with E-state index in [1.165, 1.54) is 6.07 Å². The van der Waals surface area contributed by atoms with Crippen LogP contribution in [0.5, 0.6) is 5.75 Å². The largest absolute Gasteiger partial charge is 0.504 e. The van der Waals surface area contributed by atoms with Crippen LogP contribution in [-0.4, -0.2) is 27.9 Å². The summed E-state index contributed by atoms with van der Waals surface area (Å²) in [5, 5.41) is 10.4. The fraction of sp³-hybridized carbons (Fsp3) is 0.400. The number of pyridine rings is 1. The summed E-state index contributed by atoms with van der Waals surface area (Å²) in [5.41, 5.74) is 0. The third-order valence-electron chi connectivity index (χ3n) is 2.45. The topological polar surface area (TPSA) is 53.4 Å². The van der Waals surface area contributed by atoms with Gasteiger partial charge in [-0.05, 0) is 18.1 Å². The van der Waals surface area contributed by atoms with Crippen LogP contribution in [0, 0.1) is 5.92 Å². The van der Waals surface area contributed by atoms with Gasteiger partial charge in [-0.25, -0.2) is 4.98 Å². The molecule has 0 aromatic carbocycles. The van der Waals surface area contributed by atoms with E-state index < -0.39 is 0 Å². The number of halogens is 1. The molecule has 80 valence electrons. The lowest BCUT2D eigenvalue weighted by atomic mass is 10.2. The Labute approximate surface area is 96.1 Å². The number of rotatable bonds is 2. The molecule has 2 rings (SSSR count). The first kappa shape index (κ1) is 10.4. The number of hydrogen-bond acceptors (Lipinski definition) is 3. The van der Waals surface area contributed by atoms with E-state index in [-0.39, 0.29) is 11.7 Å². The molecule has 1 aliphatic heterocycles. The molecular formula is C10H11BrN2O2. The first-order valence-corrected chi connectivity index (χ1v) is 5.85. The second-order valence-electron chi connectivity index (χ2n) is 3.57. The second-order valence-corrected chi connectivity index (χ2v) is 4.22. The highest BCUT2D eigenvalue weighted by molar-refractivity contribution is 9.09. The summed E-state index contributed by atoms with van der Waals surface area (Å²) in [6.45, 7) is 0.620. The molecular weight excluding hydrogens is 260 g/mol. The predicted octanol–water partition coefficient (Wildman–Crippen LogP) is 1.53.